The van der Waals surface area contributed by atoms with Crippen LogP contribution in [0, 0.1) is 5.92 Å². The van der Waals surface area contributed by atoms with Gasteiger partial charge in [0.15, 0.2) is 0 Å². The second kappa shape index (κ2) is 6.74. The molecule has 0 aliphatic carbocycles. The number of carbonyl (C=O) groups excluding carboxylic acids is 2. The number of nitrogens with two attached hydrogens (primary N) is 1. The van der Waals surface area contributed by atoms with Gasteiger partial charge in [-0.15, -0.1) is 0 Å². The molecule has 0 saturated carbocycles. The van der Waals surface area contributed by atoms with Gasteiger partial charge in [0.25, 0.3) is 5.91 Å². The van der Waals surface area contributed by atoms with Gasteiger partial charge in [-0.3, -0.25) is 9.59 Å². The zero-order valence-electron chi connectivity index (χ0n) is 10.8. The first-order chi connectivity index (χ1) is 8.56. The van der Waals surface area contributed by atoms with Crippen LogP contribution in [0.2, 0.25) is 0 Å². The van der Waals surface area contributed by atoms with Crippen molar-refractivity contribution >= 4 is 17.5 Å². The van der Waals surface area contributed by atoms with Gasteiger partial charge in [-0.05, 0) is 6.42 Å². The van der Waals surface area contributed by atoms with E-state index in [0.717, 1.165) is 6.42 Å². The second-order valence-electron chi connectivity index (χ2n) is 4.20. The van der Waals surface area contributed by atoms with Crippen LogP contribution in [0.4, 0.5) is 0 Å². The van der Waals surface area contributed by atoms with Gasteiger partial charge in [-0.1, -0.05) is 38.2 Å². The third-order valence-electron chi connectivity index (χ3n) is 2.61. The van der Waals surface area contributed by atoms with Crippen molar-refractivity contribution < 1.29 is 9.59 Å². The van der Waals surface area contributed by atoms with Gasteiger partial charge in [0, 0.05) is 12.3 Å². The van der Waals surface area contributed by atoms with Crippen molar-refractivity contribution in [1.29, 1.82) is 0 Å². The number of carbonyl (C=O) groups is 2. The van der Waals surface area contributed by atoms with E-state index in [4.69, 9.17) is 5.73 Å². The van der Waals surface area contributed by atoms with E-state index in [1.54, 1.807) is 6.92 Å². The van der Waals surface area contributed by atoms with E-state index in [1.807, 2.05) is 31.2 Å². The Morgan fingerprint density at radius 3 is 2.78 bits per heavy atom. The zero-order chi connectivity index (χ0) is 13.5. The Kier molecular flexibility index (Phi) is 5.30. The molecular weight excluding hydrogens is 230 g/mol. The zero-order valence-corrected chi connectivity index (χ0v) is 10.8. The lowest BCUT2D eigenvalue weighted by Crippen LogP contribution is -2.41. The molecule has 1 atom stereocenters. The van der Waals surface area contributed by atoms with Crippen LogP contribution < -0.4 is 5.73 Å². The fourth-order valence-electron chi connectivity index (χ4n) is 1.64. The van der Waals surface area contributed by atoms with E-state index in [2.05, 4.69) is 5.10 Å². The van der Waals surface area contributed by atoms with Crippen molar-refractivity contribution in [1.82, 2.24) is 5.01 Å². The van der Waals surface area contributed by atoms with Crippen LogP contribution in [-0.2, 0) is 9.59 Å². The molecule has 1 aliphatic rings. The van der Waals surface area contributed by atoms with Crippen molar-refractivity contribution in [3.05, 3.63) is 24.3 Å². The Hall–Kier alpha value is -1.91. The Balaban J connectivity index is 2.69. The number of amides is 2. The lowest BCUT2D eigenvalue weighted by molar-refractivity contribution is -0.132. The quantitative estimate of drug-likeness (QED) is 0.744. The fourth-order valence-corrected chi connectivity index (χ4v) is 1.64. The summed E-state index contributed by atoms with van der Waals surface area (Å²) in [7, 11) is 0. The summed E-state index contributed by atoms with van der Waals surface area (Å²) in [6.07, 6.45) is 8.84. The van der Waals surface area contributed by atoms with Crippen LogP contribution in [0.5, 0.6) is 0 Å². The van der Waals surface area contributed by atoms with Gasteiger partial charge >= 0.3 is 0 Å². The van der Waals surface area contributed by atoms with Crippen molar-refractivity contribution in [2.45, 2.75) is 26.7 Å². The standard InChI is InChI=1S/C13H19N3O2/c1-3-4-5-6-7-8-16-11(17)9-10(2)12(15-16)13(14)18/h4-7,10H,3,8-9H2,1-2H3,(H2,14,18). The van der Waals surface area contributed by atoms with Crippen LogP contribution in [-0.4, -0.2) is 29.1 Å². The van der Waals surface area contributed by atoms with Gasteiger partial charge < -0.3 is 5.73 Å². The number of rotatable bonds is 5. The predicted molar refractivity (Wildman–Crippen MR) is 70.7 cm³/mol. The molecule has 1 unspecified atom stereocenters. The highest BCUT2D eigenvalue weighted by Crippen LogP contribution is 2.15. The van der Waals surface area contributed by atoms with Gasteiger partial charge in [-0.25, -0.2) is 5.01 Å². The summed E-state index contributed by atoms with van der Waals surface area (Å²) in [6, 6.07) is 0. The average Bonchev–Trinajstić information content (AvgIpc) is 2.30. The first-order valence-electron chi connectivity index (χ1n) is 6.06. The van der Waals surface area contributed by atoms with E-state index in [-0.39, 0.29) is 24.0 Å². The molecule has 0 saturated heterocycles. The highest BCUT2D eigenvalue weighted by molar-refractivity contribution is 6.39. The van der Waals surface area contributed by atoms with Crippen LogP contribution in [0.1, 0.15) is 26.7 Å². The molecular formula is C13H19N3O2. The molecule has 98 valence electrons. The average molecular weight is 249 g/mol. The predicted octanol–water partition coefficient (Wildman–Crippen LogP) is 1.22. The minimum absolute atomic E-state index is 0.0865. The summed E-state index contributed by atoms with van der Waals surface area (Å²) in [5, 5.41) is 5.30. The van der Waals surface area contributed by atoms with E-state index in [1.165, 1.54) is 5.01 Å². The first kappa shape index (κ1) is 14.2. The molecule has 2 amide bonds. The molecule has 0 bridgehead atoms. The van der Waals surface area contributed by atoms with Crippen molar-refractivity contribution in [3.8, 4) is 0 Å². The highest BCUT2D eigenvalue weighted by atomic mass is 16.2. The number of hydrazone groups is 1. The maximum absolute atomic E-state index is 11.7. The highest BCUT2D eigenvalue weighted by Gasteiger charge is 2.28. The summed E-state index contributed by atoms with van der Waals surface area (Å²) < 4.78 is 0. The van der Waals surface area contributed by atoms with Gasteiger partial charge in [-0.2, -0.15) is 5.10 Å². The lowest BCUT2D eigenvalue weighted by Gasteiger charge is -2.25. The molecule has 0 spiro atoms. The fraction of sp³-hybridized carbons (Fsp3) is 0.462. The van der Waals surface area contributed by atoms with Gasteiger partial charge in [0.05, 0.1) is 6.54 Å². The number of hydrogen-bond acceptors (Lipinski definition) is 3. The molecule has 0 fully saturated rings. The Labute approximate surface area is 107 Å². The maximum Gasteiger partial charge on any atom is 0.265 e. The number of hydrogen-bond donors (Lipinski definition) is 1. The summed E-state index contributed by atoms with van der Waals surface area (Å²) >= 11 is 0. The minimum atomic E-state index is -0.560. The third kappa shape index (κ3) is 3.84. The Morgan fingerprint density at radius 1 is 1.50 bits per heavy atom. The summed E-state index contributed by atoms with van der Waals surface area (Å²) in [5.74, 6) is -0.846. The number of nitrogens with zero attached hydrogens (tertiary/aromatic N) is 2. The van der Waals surface area contributed by atoms with Crippen molar-refractivity contribution in [2.75, 3.05) is 6.54 Å². The molecule has 5 nitrogen and oxygen atoms in total. The van der Waals surface area contributed by atoms with Crippen molar-refractivity contribution in [2.24, 2.45) is 16.8 Å². The van der Waals surface area contributed by atoms with E-state index in [9.17, 15) is 9.59 Å². The molecule has 0 aromatic carbocycles. The van der Waals surface area contributed by atoms with Gasteiger partial charge in [0.2, 0.25) is 5.91 Å². The summed E-state index contributed by atoms with van der Waals surface area (Å²) in [5.41, 5.74) is 5.49. The SMILES string of the molecule is CCC=CC=CCN1N=C(C(N)=O)C(C)CC1=O. The Bertz CT molecular complexity index is 410. The van der Waals surface area contributed by atoms with Crippen molar-refractivity contribution in [3.63, 3.8) is 0 Å². The molecule has 1 aliphatic heterocycles. The minimum Gasteiger partial charge on any atom is -0.364 e. The van der Waals surface area contributed by atoms with Crippen LogP contribution >= 0.6 is 0 Å². The molecule has 1 heterocycles. The molecule has 2 N–H and O–H groups in total. The number of allylic oxidation sites excluding steroid dienone is 3. The largest absolute Gasteiger partial charge is 0.364 e. The third-order valence-corrected chi connectivity index (χ3v) is 2.61. The molecule has 0 aromatic rings. The topological polar surface area (TPSA) is 75.8 Å². The van der Waals surface area contributed by atoms with E-state index in [0.29, 0.717) is 6.54 Å². The van der Waals surface area contributed by atoms with Crippen LogP contribution in [0.25, 0.3) is 0 Å². The van der Waals surface area contributed by atoms with E-state index >= 15 is 0 Å². The maximum atomic E-state index is 11.7. The molecule has 0 aromatic heterocycles. The smallest absolute Gasteiger partial charge is 0.265 e. The monoisotopic (exact) mass is 249 g/mol. The molecule has 1 rings (SSSR count). The second-order valence-corrected chi connectivity index (χ2v) is 4.20. The summed E-state index contributed by atoms with van der Waals surface area (Å²) in [4.78, 5) is 22.9. The Morgan fingerprint density at radius 2 is 2.17 bits per heavy atom. The van der Waals surface area contributed by atoms with Crippen LogP contribution in [0.15, 0.2) is 29.4 Å². The number of primary amides is 1. The van der Waals surface area contributed by atoms with E-state index < -0.39 is 5.91 Å². The molecule has 18 heavy (non-hydrogen) atoms. The van der Waals surface area contributed by atoms with Gasteiger partial charge in [0.1, 0.15) is 5.71 Å². The van der Waals surface area contributed by atoms with Crippen LogP contribution in [0.3, 0.4) is 0 Å². The summed E-state index contributed by atoms with van der Waals surface area (Å²) in [6.45, 7) is 4.18. The normalized spacial score (nSPS) is 20.8. The molecule has 5 heteroatoms. The first-order valence-corrected chi connectivity index (χ1v) is 6.06. The molecule has 0 radical (unpaired) electrons. The lowest BCUT2D eigenvalue weighted by atomic mass is 9.99.